The number of hydrogen-bond donors (Lipinski definition) is 1. The van der Waals surface area contributed by atoms with Crippen molar-refractivity contribution >= 4 is 40.5 Å². The van der Waals surface area contributed by atoms with Gasteiger partial charge < -0.3 is 10.5 Å². The molecule has 2 aromatic carbocycles. The highest BCUT2D eigenvalue weighted by atomic mass is 35.5. The topological polar surface area (TPSA) is 35.2 Å². The number of nitrogen functional groups attached to an aromatic ring is 1. The first-order valence-electron chi connectivity index (χ1n) is 5.11. The van der Waals surface area contributed by atoms with E-state index in [0.717, 1.165) is 11.1 Å². The Morgan fingerprint density at radius 3 is 2.28 bits per heavy atom. The van der Waals surface area contributed by atoms with E-state index in [1.54, 1.807) is 24.3 Å². The number of rotatable bonds is 2. The number of ether oxygens (including phenoxy) is 1. The van der Waals surface area contributed by atoms with Crippen LogP contribution in [0, 0.1) is 0 Å². The normalized spacial score (nSPS) is 10.4. The molecule has 0 saturated carbocycles. The summed E-state index contributed by atoms with van der Waals surface area (Å²) in [6.45, 7) is 0. The lowest BCUT2D eigenvalue weighted by Crippen LogP contribution is -1.89. The van der Waals surface area contributed by atoms with E-state index in [9.17, 15) is 0 Å². The lowest BCUT2D eigenvalue weighted by Gasteiger charge is -2.10. The van der Waals surface area contributed by atoms with Crippen molar-refractivity contribution in [3.8, 4) is 16.9 Å². The Labute approximate surface area is 120 Å². The van der Waals surface area contributed by atoms with E-state index in [1.165, 1.54) is 7.11 Å². The quantitative estimate of drug-likeness (QED) is 0.800. The first kappa shape index (κ1) is 13.3. The molecule has 5 heteroatoms. The van der Waals surface area contributed by atoms with Crippen LogP contribution in [0.5, 0.6) is 5.75 Å². The highest BCUT2D eigenvalue weighted by molar-refractivity contribution is 6.36. The van der Waals surface area contributed by atoms with Crippen molar-refractivity contribution in [1.82, 2.24) is 0 Å². The van der Waals surface area contributed by atoms with Crippen LogP contribution in [0.4, 0.5) is 5.69 Å². The summed E-state index contributed by atoms with van der Waals surface area (Å²) < 4.78 is 5.10. The van der Waals surface area contributed by atoms with Gasteiger partial charge in [-0.2, -0.15) is 0 Å². The smallest absolute Gasteiger partial charge is 0.138 e. The molecule has 0 aliphatic rings. The molecule has 18 heavy (non-hydrogen) atoms. The molecule has 0 fully saturated rings. The van der Waals surface area contributed by atoms with Crippen LogP contribution in [-0.2, 0) is 0 Å². The maximum atomic E-state index is 6.19. The van der Waals surface area contributed by atoms with E-state index >= 15 is 0 Å². The molecular weight excluding hydrogens is 293 g/mol. The molecule has 2 aromatic rings. The standard InChI is InChI=1S/C13H10Cl3NO/c1-18-13-6-9(14)8(5-11(13)16)7-2-3-12(17)10(15)4-7/h2-6H,17H2,1H3. The number of methoxy groups -OCH3 is 1. The van der Waals surface area contributed by atoms with Crippen LogP contribution in [0.3, 0.4) is 0 Å². The van der Waals surface area contributed by atoms with Crippen molar-refractivity contribution in [2.24, 2.45) is 0 Å². The van der Waals surface area contributed by atoms with Gasteiger partial charge >= 0.3 is 0 Å². The number of halogens is 3. The predicted octanol–water partition coefficient (Wildman–Crippen LogP) is 4.90. The second-order valence-electron chi connectivity index (χ2n) is 3.70. The molecule has 94 valence electrons. The van der Waals surface area contributed by atoms with Crippen molar-refractivity contribution in [3.05, 3.63) is 45.4 Å². The summed E-state index contributed by atoms with van der Waals surface area (Å²) in [7, 11) is 1.54. The molecule has 0 heterocycles. The van der Waals surface area contributed by atoms with E-state index in [1.807, 2.05) is 6.07 Å². The average molecular weight is 303 g/mol. The summed E-state index contributed by atoms with van der Waals surface area (Å²) in [6, 6.07) is 8.73. The van der Waals surface area contributed by atoms with Crippen LogP contribution >= 0.6 is 34.8 Å². The molecule has 0 bridgehead atoms. The number of anilines is 1. The van der Waals surface area contributed by atoms with Crippen LogP contribution in [0.25, 0.3) is 11.1 Å². The molecule has 2 N–H and O–H groups in total. The third kappa shape index (κ3) is 2.51. The third-order valence-corrected chi connectivity index (χ3v) is 3.49. The van der Waals surface area contributed by atoms with Gasteiger partial charge in [0.1, 0.15) is 5.75 Å². The molecule has 2 rings (SSSR count). The highest BCUT2D eigenvalue weighted by Crippen LogP contribution is 2.38. The maximum Gasteiger partial charge on any atom is 0.138 e. The number of nitrogens with two attached hydrogens (primary N) is 1. The van der Waals surface area contributed by atoms with Gasteiger partial charge in [-0.3, -0.25) is 0 Å². The second kappa shape index (κ2) is 5.27. The zero-order valence-electron chi connectivity index (χ0n) is 9.51. The van der Waals surface area contributed by atoms with Crippen molar-refractivity contribution in [2.45, 2.75) is 0 Å². The van der Waals surface area contributed by atoms with Gasteiger partial charge in [0, 0.05) is 11.6 Å². The van der Waals surface area contributed by atoms with E-state index in [-0.39, 0.29) is 0 Å². The first-order valence-corrected chi connectivity index (χ1v) is 6.24. The van der Waals surface area contributed by atoms with Gasteiger partial charge in [0.25, 0.3) is 0 Å². The van der Waals surface area contributed by atoms with Crippen LogP contribution in [-0.4, -0.2) is 7.11 Å². The summed E-state index contributed by atoms with van der Waals surface area (Å²) in [5.74, 6) is 0.534. The fourth-order valence-corrected chi connectivity index (χ4v) is 2.29. The molecular formula is C13H10Cl3NO. The van der Waals surface area contributed by atoms with Gasteiger partial charge in [0.15, 0.2) is 0 Å². The number of benzene rings is 2. The van der Waals surface area contributed by atoms with Gasteiger partial charge in [-0.15, -0.1) is 0 Å². The van der Waals surface area contributed by atoms with E-state index < -0.39 is 0 Å². The molecule has 0 aliphatic heterocycles. The van der Waals surface area contributed by atoms with Crippen LogP contribution < -0.4 is 10.5 Å². The SMILES string of the molecule is COc1cc(Cl)c(-c2ccc(N)c(Cl)c2)cc1Cl. The Kier molecular flexibility index (Phi) is 3.91. The Hall–Kier alpha value is -1.09. The summed E-state index contributed by atoms with van der Waals surface area (Å²) in [5, 5.41) is 1.51. The molecule has 2 nitrogen and oxygen atoms in total. The summed E-state index contributed by atoms with van der Waals surface area (Å²) >= 11 is 18.3. The Morgan fingerprint density at radius 1 is 0.944 bits per heavy atom. The number of hydrogen-bond acceptors (Lipinski definition) is 2. The minimum absolute atomic E-state index is 0.482. The summed E-state index contributed by atoms with van der Waals surface area (Å²) in [4.78, 5) is 0. The molecule has 0 atom stereocenters. The fraction of sp³-hybridized carbons (Fsp3) is 0.0769. The minimum atomic E-state index is 0.482. The Bertz CT molecular complexity index is 599. The summed E-state index contributed by atoms with van der Waals surface area (Å²) in [6.07, 6.45) is 0. The van der Waals surface area contributed by atoms with E-state index in [2.05, 4.69) is 0 Å². The van der Waals surface area contributed by atoms with Gasteiger partial charge in [-0.05, 0) is 23.8 Å². The first-order chi connectivity index (χ1) is 8.52. The predicted molar refractivity (Wildman–Crippen MR) is 77.9 cm³/mol. The molecule has 0 radical (unpaired) electrons. The molecule has 0 spiro atoms. The molecule has 0 saturated heterocycles. The molecule has 0 unspecified atom stereocenters. The van der Waals surface area contributed by atoms with Crippen molar-refractivity contribution in [2.75, 3.05) is 12.8 Å². The lowest BCUT2D eigenvalue weighted by atomic mass is 10.1. The Morgan fingerprint density at radius 2 is 1.67 bits per heavy atom. The van der Waals surface area contributed by atoms with Crippen LogP contribution in [0.1, 0.15) is 0 Å². The zero-order valence-corrected chi connectivity index (χ0v) is 11.8. The monoisotopic (exact) mass is 301 g/mol. The highest BCUT2D eigenvalue weighted by Gasteiger charge is 2.10. The van der Waals surface area contributed by atoms with Gasteiger partial charge in [-0.1, -0.05) is 40.9 Å². The van der Waals surface area contributed by atoms with Gasteiger partial charge in [-0.25, -0.2) is 0 Å². The molecule has 0 amide bonds. The third-order valence-electron chi connectivity index (χ3n) is 2.55. The largest absolute Gasteiger partial charge is 0.495 e. The van der Waals surface area contributed by atoms with E-state index in [4.69, 9.17) is 45.3 Å². The van der Waals surface area contributed by atoms with Crippen molar-refractivity contribution in [1.29, 1.82) is 0 Å². The fourth-order valence-electron chi connectivity index (χ4n) is 1.60. The Balaban J connectivity index is 2.57. The van der Waals surface area contributed by atoms with Crippen LogP contribution in [0.2, 0.25) is 15.1 Å². The van der Waals surface area contributed by atoms with Gasteiger partial charge in [0.05, 0.1) is 27.9 Å². The lowest BCUT2D eigenvalue weighted by molar-refractivity contribution is 0.415. The second-order valence-corrected chi connectivity index (χ2v) is 4.92. The van der Waals surface area contributed by atoms with Crippen molar-refractivity contribution < 1.29 is 4.74 Å². The maximum absolute atomic E-state index is 6.19. The molecule has 0 aliphatic carbocycles. The minimum Gasteiger partial charge on any atom is -0.495 e. The van der Waals surface area contributed by atoms with Crippen LogP contribution in [0.15, 0.2) is 30.3 Å². The van der Waals surface area contributed by atoms with Gasteiger partial charge in [0.2, 0.25) is 0 Å². The van der Waals surface area contributed by atoms with Crippen molar-refractivity contribution in [3.63, 3.8) is 0 Å². The molecule has 0 aromatic heterocycles. The van der Waals surface area contributed by atoms with E-state index in [0.29, 0.717) is 26.5 Å². The zero-order chi connectivity index (χ0) is 13.3. The summed E-state index contributed by atoms with van der Waals surface area (Å²) in [5.41, 5.74) is 7.83. The average Bonchev–Trinajstić information content (AvgIpc) is 2.35.